The molecule has 0 aliphatic carbocycles. The van der Waals surface area contributed by atoms with Crippen molar-refractivity contribution >= 4 is 5.91 Å². The second-order valence-corrected chi connectivity index (χ2v) is 5.13. The van der Waals surface area contributed by atoms with Crippen LogP contribution < -0.4 is 15.8 Å². The Balaban J connectivity index is 1.91. The molecule has 116 valence electrons. The van der Waals surface area contributed by atoms with E-state index in [2.05, 4.69) is 21.5 Å². The van der Waals surface area contributed by atoms with Gasteiger partial charge in [-0.15, -0.1) is 12.3 Å². The Bertz CT molecular complexity index is 613. The molecule has 6 heteroatoms. The predicted molar refractivity (Wildman–Crippen MR) is 83.5 cm³/mol. The third-order valence-electron chi connectivity index (χ3n) is 3.61. The topological polar surface area (TPSA) is 89.1 Å². The quantitative estimate of drug-likeness (QED) is 0.718. The van der Waals surface area contributed by atoms with Crippen molar-refractivity contribution < 1.29 is 9.53 Å². The Kier molecular flexibility index (Phi) is 5.12. The fraction of sp³-hybridized carbons (Fsp3) is 0.438. The molecule has 6 nitrogen and oxygen atoms in total. The van der Waals surface area contributed by atoms with E-state index in [9.17, 15) is 4.79 Å². The lowest BCUT2D eigenvalue weighted by Crippen LogP contribution is -2.28. The molecule has 3 N–H and O–H groups in total. The lowest BCUT2D eigenvalue weighted by molar-refractivity contribution is 0.0949. The van der Waals surface area contributed by atoms with Gasteiger partial charge in [0.1, 0.15) is 5.75 Å². The van der Waals surface area contributed by atoms with Crippen LogP contribution >= 0.6 is 0 Å². The highest BCUT2D eigenvalue weighted by atomic mass is 16.5. The van der Waals surface area contributed by atoms with Crippen molar-refractivity contribution in [2.45, 2.75) is 31.5 Å². The van der Waals surface area contributed by atoms with Gasteiger partial charge in [-0.25, -0.2) is 0 Å². The van der Waals surface area contributed by atoms with Gasteiger partial charge in [0.05, 0.1) is 12.7 Å². The molecule has 0 spiro atoms. The number of nitrogens with one attached hydrogen (secondary N) is 1. The molecule has 0 unspecified atom stereocenters. The summed E-state index contributed by atoms with van der Waals surface area (Å²) in [5.74, 6) is 2.91. The second kappa shape index (κ2) is 7.05. The number of nitrogens with zero attached hydrogens (tertiary/aromatic N) is 2. The van der Waals surface area contributed by atoms with Gasteiger partial charge in [0.2, 0.25) is 0 Å². The summed E-state index contributed by atoms with van der Waals surface area (Å²) >= 11 is 0. The number of hydrogen-bond acceptors (Lipinski definition) is 5. The van der Waals surface area contributed by atoms with E-state index in [1.54, 1.807) is 12.1 Å². The van der Waals surface area contributed by atoms with Crippen LogP contribution in [0, 0.1) is 12.3 Å². The number of amides is 1. The summed E-state index contributed by atoms with van der Waals surface area (Å²) in [6, 6.07) is 5.33. The minimum absolute atomic E-state index is 0.195. The molecule has 1 heterocycles. The Labute approximate surface area is 130 Å². The molecule has 1 aliphatic heterocycles. The maximum Gasteiger partial charge on any atom is 0.255 e. The fourth-order valence-corrected chi connectivity index (χ4v) is 2.20. The van der Waals surface area contributed by atoms with Crippen LogP contribution in [0.1, 0.15) is 35.2 Å². The molecule has 1 aromatic rings. The summed E-state index contributed by atoms with van der Waals surface area (Å²) in [6.45, 7) is 0.851. The van der Waals surface area contributed by atoms with E-state index in [0.717, 1.165) is 12.0 Å². The Morgan fingerprint density at radius 2 is 2.23 bits per heavy atom. The van der Waals surface area contributed by atoms with Crippen LogP contribution in [0.4, 0.5) is 0 Å². The van der Waals surface area contributed by atoms with Gasteiger partial charge in [-0.3, -0.25) is 4.79 Å². The molecule has 0 radical (unpaired) electrons. The van der Waals surface area contributed by atoms with Gasteiger partial charge >= 0.3 is 0 Å². The molecule has 1 aliphatic rings. The average Bonchev–Trinajstić information content (AvgIpc) is 3.32. The van der Waals surface area contributed by atoms with Crippen LogP contribution in [0.15, 0.2) is 28.4 Å². The van der Waals surface area contributed by atoms with E-state index in [-0.39, 0.29) is 11.6 Å². The van der Waals surface area contributed by atoms with Gasteiger partial charge in [0.15, 0.2) is 5.66 Å². The van der Waals surface area contributed by atoms with Gasteiger partial charge in [-0.05, 0) is 17.7 Å². The van der Waals surface area contributed by atoms with Crippen LogP contribution in [0.2, 0.25) is 0 Å². The summed E-state index contributed by atoms with van der Waals surface area (Å²) in [4.78, 5) is 12.3. The SMILES string of the molecule is C#CCCC1(CCNC(=O)c2cc(CN)ccc2OC)N=N1. The standard InChI is InChI=1S/C16H20N4O2/c1-3-4-7-16(19-20-16)8-9-18-15(21)13-10-12(11-17)5-6-14(13)22-2/h1,5-6,10H,4,7-9,11,17H2,2H3,(H,18,21). The van der Waals surface area contributed by atoms with E-state index in [1.165, 1.54) is 7.11 Å². The molecule has 1 amide bonds. The zero-order valence-electron chi connectivity index (χ0n) is 12.6. The lowest BCUT2D eigenvalue weighted by atomic mass is 10.0. The van der Waals surface area contributed by atoms with E-state index in [0.29, 0.717) is 37.2 Å². The minimum atomic E-state index is -0.386. The van der Waals surface area contributed by atoms with Gasteiger partial charge in [0.25, 0.3) is 5.91 Å². The van der Waals surface area contributed by atoms with Crippen LogP contribution in [-0.4, -0.2) is 25.2 Å². The third kappa shape index (κ3) is 3.83. The van der Waals surface area contributed by atoms with Crippen molar-refractivity contribution in [2.75, 3.05) is 13.7 Å². The van der Waals surface area contributed by atoms with Crippen LogP contribution in [0.5, 0.6) is 5.75 Å². The largest absolute Gasteiger partial charge is 0.496 e. The number of benzene rings is 1. The number of ether oxygens (including phenoxy) is 1. The minimum Gasteiger partial charge on any atom is -0.496 e. The third-order valence-corrected chi connectivity index (χ3v) is 3.61. The number of rotatable bonds is 8. The lowest BCUT2D eigenvalue weighted by Gasteiger charge is -2.12. The highest BCUT2D eigenvalue weighted by molar-refractivity contribution is 5.97. The first-order valence-electron chi connectivity index (χ1n) is 7.17. The Morgan fingerprint density at radius 1 is 1.45 bits per heavy atom. The first kappa shape index (κ1) is 16.0. The van der Waals surface area contributed by atoms with E-state index >= 15 is 0 Å². The first-order valence-corrected chi connectivity index (χ1v) is 7.17. The summed E-state index contributed by atoms with van der Waals surface area (Å²) in [5.41, 5.74) is 6.58. The first-order chi connectivity index (χ1) is 10.6. The van der Waals surface area contributed by atoms with E-state index in [1.807, 2.05) is 6.07 Å². The number of carbonyl (C=O) groups excluding carboxylic acids is 1. The molecule has 0 saturated carbocycles. The van der Waals surface area contributed by atoms with Gasteiger partial charge in [-0.1, -0.05) is 6.07 Å². The number of terminal acetylenes is 1. The van der Waals surface area contributed by atoms with Crippen molar-refractivity contribution in [3.8, 4) is 18.1 Å². The number of methoxy groups -OCH3 is 1. The molecular weight excluding hydrogens is 280 g/mol. The van der Waals surface area contributed by atoms with E-state index < -0.39 is 0 Å². The van der Waals surface area contributed by atoms with Crippen molar-refractivity contribution in [1.29, 1.82) is 0 Å². The molecular formula is C16H20N4O2. The summed E-state index contributed by atoms with van der Waals surface area (Å²) in [5, 5.41) is 10.9. The maximum atomic E-state index is 12.3. The molecule has 0 atom stereocenters. The van der Waals surface area contributed by atoms with Crippen LogP contribution in [-0.2, 0) is 6.54 Å². The highest BCUT2D eigenvalue weighted by Crippen LogP contribution is 2.36. The average molecular weight is 300 g/mol. The maximum absolute atomic E-state index is 12.3. The normalized spacial score (nSPS) is 14.2. The van der Waals surface area contributed by atoms with Crippen molar-refractivity contribution in [2.24, 2.45) is 16.0 Å². The van der Waals surface area contributed by atoms with Gasteiger partial charge in [-0.2, -0.15) is 10.2 Å². The zero-order valence-corrected chi connectivity index (χ0v) is 12.6. The van der Waals surface area contributed by atoms with Gasteiger partial charge < -0.3 is 15.8 Å². The highest BCUT2D eigenvalue weighted by Gasteiger charge is 2.38. The summed E-state index contributed by atoms with van der Waals surface area (Å²) < 4.78 is 5.22. The fourth-order valence-electron chi connectivity index (χ4n) is 2.20. The molecule has 2 rings (SSSR count). The van der Waals surface area contributed by atoms with Crippen molar-refractivity contribution in [3.05, 3.63) is 29.3 Å². The summed E-state index contributed by atoms with van der Waals surface area (Å²) in [7, 11) is 1.53. The van der Waals surface area contributed by atoms with Crippen molar-refractivity contribution in [1.82, 2.24) is 5.32 Å². The van der Waals surface area contributed by atoms with Crippen LogP contribution in [0.25, 0.3) is 0 Å². The molecule has 0 fully saturated rings. The Hall–Kier alpha value is -2.39. The number of carbonyl (C=O) groups is 1. The summed E-state index contributed by atoms with van der Waals surface area (Å²) in [6.07, 6.45) is 7.26. The molecule has 1 aromatic carbocycles. The van der Waals surface area contributed by atoms with Crippen molar-refractivity contribution in [3.63, 3.8) is 0 Å². The van der Waals surface area contributed by atoms with Crippen LogP contribution in [0.3, 0.4) is 0 Å². The zero-order chi connectivity index (χ0) is 16.0. The second-order valence-electron chi connectivity index (χ2n) is 5.13. The monoisotopic (exact) mass is 300 g/mol. The van der Waals surface area contributed by atoms with Gasteiger partial charge in [0, 0.05) is 32.4 Å². The smallest absolute Gasteiger partial charge is 0.255 e. The Morgan fingerprint density at radius 3 is 2.82 bits per heavy atom. The molecule has 0 bridgehead atoms. The molecule has 0 saturated heterocycles. The molecule has 22 heavy (non-hydrogen) atoms. The number of hydrogen-bond donors (Lipinski definition) is 2. The molecule has 0 aromatic heterocycles. The predicted octanol–water partition coefficient (Wildman–Crippen LogP) is 1.85. The number of nitrogens with two attached hydrogens (primary N) is 1. The van der Waals surface area contributed by atoms with E-state index in [4.69, 9.17) is 16.9 Å².